The summed E-state index contributed by atoms with van der Waals surface area (Å²) in [5.41, 5.74) is 0.596. The Morgan fingerprint density at radius 1 is 1.03 bits per heavy atom. The van der Waals surface area contributed by atoms with Crippen molar-refractivity contribution in [3.05, 3.63) is 87.2 Å². The van der Waals surface area contributed by atoms with E-state index in [-0.39, 0.29) is 25.3 Å². The largest absolute Gasteiger partial charge is 0.467 e. The average molecular weight is 392 g/mol. The predicted octanol–water partition coefficient (Wildman–Crippen LogP) is 2.03. The number of Topliss-reactive ketones (excluding diaryl/α,β-unsaturated/α-hetero) is 1. The molecule has 0 spiro atoms. The van der Waals surface area contributed by atoms with Crippen LogP contribution in [0.25, 0.3) is 11.2 Å². The molecule has 4 rings (SSSR count). The minimum absolute atomic E-state index is 0.0314. The molecule has 0 unspecified atom stereocenters. The van der Waals surface area contributed by atoms with Crippen molar-refractivity contribution in [3.63, 3.8) is 0 Å². The monoisotopic (exact) mass is 392 g/mol. The molecule has 8 nitrogen and oxygen atoms in total. The molecule has 8 heteroatoms. The van der Waals surface area contributed by atoms with Gasteiger partial charge in [-0.15, -0.1) is 0 Å². The van der Waals surface area contributed by atoms with Gasteiger partial charge < -0.3 is 8.98 Å². The van der Waals surface area contributed by atoms with Gasteiger partial charge in [0.25, 0.3) is 5.56 Å². The predicted molar refractivity (Wildman–Crippen MR) is 107 cm³/mol. The number of nitrogens with zero attached hydrogens (tertiary/aromatic N) is 4. The SMILES string of the molecule is CC(=O)CCn1c(=O)c2c(ncn2Cc2ccco2)n(Cc2ccccc2)c1=O. The van der Waals surface area contributed by atoms with E-state index in [1.165, 1.54) is 17.8 Å². The van der Waals surface area contributed by atoms with Gasteiger partial charge in [0.05, 0.1) is 25.7 Å². The molecule has 0 radical (unpaired) electrons. The standard InChI is InChI=1S/C21H20N4O4/c1-15(26)9-10-24-20(27)18-19(22-14-23(18)13-17-8-5-11-29-17)25(21(24)28)12-16-6-3-2-4-7-16/h2-8,11,14H,9-10,12-13H2,1H3. The second-order valence-corrected chi connectivity index (χ2v) is 6.89. The van der Waals surface area contributed by atoms with Crippen molar-refractivity contribution < 1.29 is 9.21 Å². The first-order valence-electron chi connectivity index (χ1n) is 9.29. The molecular formula is C21H20N4O4. The first-order valence-corrected chi connectivity index (χ1v) is 9.29. The van der Waals surface area contributed by atoms with Crippen molar-refractivity contribution >= 4 is 16.9 Å². The van der Waals surface area contributed by atoms with Crippen molar-refractivity contribution in [2.75, 3.05) is 0 Å². The molecule has 0 amide bonds. The summed E-state index contributed by atoms with van der Waals surface area (Å²) in [6.45, 7) is 2.06. The van der Waals surface area contributed by atoms with Crippen LogP contribution in [0.4, 0.5) is 0 Å². The van der Waals surface area contributed by atoms with Crippen molar-refractivity contribution in [1.29, 1.82) is 0 Å². The molecule has 148 valence electrons. The van der Waals surface area contributed by atoms with Gasteiger partial charge in [-0.2, -0.15) is 0 Å². The highest BCUT2D eigenvalue weighted by molar-refractivity contribution is 5.75. The Hall–Kier alpha value is -3.68. The summed E-state index contributed by atoms with van der Waals surface area (Å²) < 4.78 is 9.65. The van der Waals surface area contributed by atoms with E-state index in [1.807, 2.05) is 30.3 Å². The van der Waals surface area contributed by atoms with Gasteiger partial charge in [-0.25, -0.2) is 9.78 Å². The molecule has 0 N–H and O–H groups in total. The van der Waals surface area contributed by atoms with Gasteiger partial charge in [-0.05, 0) is 24.6 Å². The highest BCUT2D eigenvalue weighted by Gasteiger charge is 2.19. The number of furan rings is 1. The maximum Gasteiger partial charge on any atom is 0.333 e. The maximum absolute atomic E-state index is 13.1. The van der Waals surface area contributed by atoms with E-state index in [0.29, 0.717) is 23.5 Å². The van der Waals surface area contributed by atoms with Gasteiger partial charge in [0.2, 0.25) is 0 Å². The lowest BCUT2D eigenvalue weighted by atomic mass is 10.2. The lowest BCUT2D eigenvalue weighted by Crippen LogP contribution is -2.41. The van der Waals surface area contributed by atoms with Crippen molar-refractivity contribution in [2.24, 2.45) is 0 Å². The van der Waals surface area contributed by atoms with Gasteiger partial charge in [0.15, 0.2) is 11.2 Å². The zero-order valence-corrected chi connectivity index (χ0v) is 15.9. The molecule has 0 saturated carbocycles. The van der Waals surface area contributed by atoms with E-state index >= 15 is 0 Å². The van der Waals surface area contributed by atoms with Crippen LogP contribution in [0.2, 0.25) is 0 Å². The Bertz CT molecular complexity index is 1260. The number of fused-ring (bicyclic) bond motifs is 1. The Labute approximate surface area is 165 Å². The molecule has 4 aromatic rings. The summed E-state index contributed by atoms with van der Waals surface area (Å²) in [6, 6.07) is 13.1. The van der Waals surface area contributed by atoms with Crippen LogP contribution < -0.4 is 11.2 Å². The van der Waals surface area contributed by atoms with Crippen molar-refractivity contribution in [3.8, 4) is 0 Å². The minimum Gasteiger partial charge on any atom is -0.467 e. The van der Waals surface area contributed by atoms with Crippen LogP contribution in [0.1, 0.15) is 24.7 Å². The molecular weight excluding hydrogens is 372 g/mol. The van der Waals surface area contributed by atoms with Crippen LogP contribution in [0.3, 0.4) is 0 Å². The lowest BCUT2D eigenvalue weighted by Gasteiger charge is -2.12. The van der Waals surface area contributed by atoms with Crippen LogP contribution in [0.15, 0.2) is 69.1 Å². The Kier molecular flexibility index (Phi) is 4.99. The van der Waals surface area contributed by atoms with Crippen molar-refractivity contribution in [1.82, 2.24) is 18.7 Å². The molecule has 0 aliphatic heterocycles. The number of benzene rings is 1. The number of rotatable bonds is 7. The highest BCUT2D eigenvalue weighted by atomic mass is 16.3. The lowest BCUT2D eigenvalue weighted by molar-refractivity contribution is -0.117. The molecule has 0 aliphatic rings. The van der Waals surface area contributed by atoms with E-state index in [4.69, 9.17) is 4.42 Å². The molecule has 3 heterocycles. The first-order chi connectivity index (χ1) is 14.0. The first kappa shape index (κ1) is 18.7. The second kappa shape index (κ2) is 7.75. The van der Waals surface area contributed by atoms with Gasteiger partial charge >= 0.3 is 5.69 Å². The van der Waals surface area contributed by atoms with E-state index in [0.717, 1.165) is 10.1 Å². The van der Waals surface area contributed by atoms with E-state index in [2.05, 4.69) is 4.98 Å². The third-order valence-corrected chi connectivity index (χ3v) is 4.76. The molecule has 0 bridgehead atoms. The van der Waals surface area contributed by atoms with E-state index in [9.17, 15) is 14.4 Å². The smallest absolute Gasteiger partial charge is 0.333 e. The number of aromatic nitrogens is 4. The molecule has 0 atom stereocenters. The fourth-order valence-corrected chi connectivity index (χ4v) is 3.30. The van der Waals surface area contributed by atoms with Crippen LogP contribution in [-0.4, -0.2) is 24.5 Å². The van der Waals surface area contributed by atoms with Crippen LogP contribution in [0, 0.1) is 0 Å². The molecule has 29 heavy (non-hydrogen) atoms. The summed E-state index contributed by atoms with van der Waals surface area (Å²) in [5, 5.41) is 0. The zero-order chi connectivity index (χ0) is 20.4. The summed E-state index contributed by atoms with van der Waals surface area (Å²) in [5.74, 6) is 0.579. The average Bonchev–Trinajstić information content (AvgIpc) is 3.36. The normalized spacial score (nSPS) is 11.2. The Balaban J connectivity index is 1.90. The molecule has 0 saturated heterocycles. The fraction of sp³-hybridized carbons (Fsp3) is 0.238. The number of hydrogen-bond donors (Lipinski definition) is 0. The number of imidazole rings is 1. The van der Waals surface area contributed by atoms with Gasteiger partial charge in [0, 0.05) is 13.0 Å². The third kappa shape index (κ3) is 3.69. The third-order valence-electron chi connectivity index (χ3n) is 4.76. The second-order valence-electron chi connectivity index (χ2n) is 6.89. The molecule has 0 aliphatic carbocycles. The Morgan fingerprint density at radius 3 is 2.52 bits per heavy atom. The zero-order valence-electron chi connectivity index (χ0n) is 15.9. The summed E-state index contributed by atoms with van der Waals surface area (Å²) in [7, 11) is 0. The molecule has 3 aromatic heterocycles. The number of hydrogen-bond acceptors (Lipinski definition) is 5. The number of carbonyl (C=O) groups is 1. The molecule has 0 fully saturated rings. The summed E-state index contributed by atoms with van der Waals surface area (Å²) in [4.78, 5) is 42.0. The van der Waals surface area contributed by atoms with Crippen LogP contribution >= 0.6 is 0 Å². The van der Waals surface area contributed by atoms with Crippen LogP contribution in [0.5, 0.6) is 0 Å². The topological polar surface area (TPSA) is 92.0 Å². The number of ketones is 1. The maximum atomic E-state index is 13.1. The van der Waals surface area contributed by atoms with Crippen LogP contribution in [-0.2, 0) is 24.4 Å². The van der Waals surface area contributed by atoms with Gasteiger partial charge in [-0.1, -0.05) is 30.3 Å². The van der Waals surface area contributed by atoms with Gasteiger partial charge in [-0.3, -0.25) is 18.7 Å². The Morgan fingerprint density at radius 2 is 1.83 bits per heavy atom. The summed E-state index contributed by atoms with van der Waals surface area (Å²) >= 11 is 0. The van der Waals surface area contributed by atoms with Gasteiger partial charge in [0.1, 0.15) is 11.5 Å². The highest BCUT2D eigenvalue weighted by Crippen LogP contribution is 2.12. The van der Waals surface area contributed by atoms with Crippen molar-refractivity contribution in [2.45, 2.75) is 33.0 Å². The van der Waals surface area contributed by atoms with E-state index < -0.39 is 11.2 Å². The van der Waals surface area contributed by atoms with E-state index in [1.54, 1.807) is 23.0 Å². The quantitative estimate of drug-likeness (QED) is 0.480. The number of carbonyl (C=O) groups excluding carboxylic acids is 1. The molecule has 1 aromatic carbocycles. The summed E-state index contributed by atoms with van der Waals surface area (Å²) in [6.07, 6.45) is 3.20. The fourth-order valence-electron chi connectivity index (χ4n) is 3.30. The minimum atomic E-state index is -0.476.